The summed E-state index contributed by atoms with van der Waals surface area (Å²) in [5.41, 5.74) is 3.27. The molecule has 2 atom stereocenters. The number of nitrogens with one attached hydrogen (secondary N) is 1. The summed E-state index contributed by atoms with van der Waals surface area (Å²) in [5.74, 6) is 0.904. The van der Waals surface area contributed by atoms with Gasteiger partial charge in [-0.3, -0.25) is 9.88 Å². The van der Waals surface area contributed by atoms with E-state index in [-0.39, 0.29) is 12.1 Å². The topological polar surface area (TPSA) is 58.5 Å². The smallest absolute Gasteiger partial charge is 0.170 e. The Bertz CT molecular complexity index is 1050. The van der Waals surface area contributed by atoms with Gasteiger partial charge in [0.1, 0.15) is 5.82 Å². The third kappa shape index (κ3) is 4.26. The van der Waals surface area contributed by atoms with Crippen LogP contribution < -0.4 is 5.32 Å². The van der Waals surface area contributed by atoms with Crippen LogP contribution >= 0.6 is 12.2 Å². The molecule has 0 aliphatic carbocycles. The molecule has 8 heteroatoms. The first-order valence-electron chi connectivity index (χ1n) is 11.1. The zero-order valence-electron chi connectivity index (χ0n) is 18.2. The lowest BCUT2D eigenvalue weighted by Crippen LogP contribution is -2.42. The van der Waals surface area contributed by atoms with Crippen molar-refractivity contribution in [2.75, 3.05) is 39.4 Å². The molecule has 7 nitrogen and oxygen atoms in total. The molecular weight excluding hydrogens is 420 g/mol. The van der Waals surface area contributed by atoms with Gasteiger partial charge in [0.25, 0.3) is 0 Å². The molecule has 0 saturated carbocycles. The maximum Gasteiger partial charge on any atom is 0.170 e. The molecule has 0 radical (unpaired) electrons. The second-order valence-corrected chi connectivity index (χ2v) is 8.66. The quantitative estimate of drug-likeness (QED) is 0.582. The average molecular weight is 449 g/mol. The Hall–Kier alpha value is -2.81. The molecule has 0 bridgehead atoms. The van der Waals surface area contributed by atoms with Crippen LogP contribution in [0, 0.1) is 6.92 Å². The fraction of sp³-hybridized carbons (Fsp3) is 0.375. The van der Waals surface area contributed by atoms with Crippen LogP contribution in [0.3, 0.4) is 0 Å². The van der Waals surface area contributed by atoms with Gasteiger partial charge in [0, 0.05) is 50.5 Å². The number of hydrogen-bond donors (Lipinski definition) is 1. The van der Waals surface area contributed by atoms with Crippen molar-refractivity contribution >= 4 is 17.3 Å². The molecule has 0 aromatic carbocycles. The molecular formula is C24H28N6OS. The molecule has 2 aliphatic heterocycles. The molecule has 5 heterocycles. The molecule has 5 rings (SSSR count). The van der Waals surface area contributed by atoms with Gasteiger partial charge in [-0.1, -0.05) is 12.1 Å². The second-order valence-electron chi connectivity index (χ2n) is 8.27. The fourth-order valence-corrected chi connectivity index (χ4v) is 4.82. The number of rotatable bonds is 6. The van der Waals surface area contributed by atoms with Crippen molar-refractivity contribution in [3.63, 3.8) is 0 Å². The van der Waals surface area contributed by atoms with E-state index >= 15 is 0 Å². The molecule has 2 saturated heterocycles. The van der Waals surface area contributed by atoms with Gasteiger partial charge in [0.15, 0.2) is 5.11 Å². The van der Waals surface area contributed by atoms with Gasteiger partial charge < -0.3 is 19.5 Å². The lowest BCUT2D eigenvalue weighted by molar-refractivity contribution is 0.0349. The summed E-state index contributed by atoms with van der Waals surface area (Å²) in [6.07, 6.45) is 5.82. The minimum absolute atomic E-state index is 0.0107. The number of ether oxygens (including phenoxy) is 1. The van der Waals surface area contributed by atoms with Crippen LogP contribution in [-0.4, -0.2) is 68.8 Å². The van der Waals surface area contributed by atoms with E-state index in [4.69, 9.17) is 17.0 Å². The SMILES string of the molecule is Cc1ccc(-n2cccc2[C@@H]2[C@@H](c3ccccn3)NC(=S)N2CCN2CCOCC2)nc1. The van der Waals surface area contributed by atoms with E-state index in [0.717, 1.165) is 67.3 Å². The van der Waals surface area contributed by atoms with Crippen LogP contribution in [0.1, 0.15) is 29.0 Å². The molecule has 166 valence electrons. The van der Waals surface area contributed by atoms with Gasteiger partial charge in [-0.2, -0.15) is 0 Å². The van der Waals surface area contributed by atoms with E-state index in [1.807, 2.05) is 24.5 Å². The number of aromatic nitrogens is 3. The molecule has 3 aromatic heterocycles. The van der Waals surface area contributed by atoms with E-state index in [1.54, 1.807) is 0 Å². The van der Waals surface area contributed by atoms with Gasteiger partial charge in [-0.25, -0.2) is 4.98 Å². The molecule has 2 aliphatic rings. The van der Waals surface area contributed by atoms with Gasteiger partial charge in [-0.15, -0.1) is 0 Å². The summed E-state index contributed by atoms with van der Waals surface area (Å²) in [5, 5.41) is 4.32. The number of hydrogen-bond acceptors (Lipinski definition) is 5. The van der Waals surface area contributed by atoms with Gasteiger partial charge in [0.05, 0.1) is 31.0 Å². The highest BCUT2D eigenvalue weighted by molar-refractivity contribution is 7.80. The highest BCUT2D eigenvalue weighted by atomic mass is 32.1. The zero-order valence-corrected chi connectivity index (χ0v) is 19.0. The van der Waals surface area contributed by atoms with Crippen molar-refractivity contribution in [2.24, 2.45) is 0 Å². The van der Waals surface area contributed by atoms with Crippen LogP contribution in [0.5, 0.6) is 0 Å². The summed E-state index contributed by atoms with van der Waals surface area (Å²) in [4.78, 5) is 14.1. The number of pyridine rings is 2. The molecule has 0 amide bonds. The Morgan fingerprint density at radius 3 is 2.69 bits per heavy atom. The standard InChI is InChI=1S/C24H28N6OS/c1-18-7-8-21(26-17-18)29-10-4-6-20(29)23-22(19-5-2-3-9-25-19)27-24(32)30(23)12-11-28-13-15-31-16-14-28/h2-10,17,22-23H,11-16H2,1H3,(H,27,32)/t22-,23-/m1/s1. The fourth-order valence-electron chi connectivity index (χ4n) is 4.49. The molecule has 3 aromatic rings. The zero-order chi connectivity index (χ0) is 21.9. The van der Waals surface area contributed by atoms with Crippen molar-refractivity contribution in [3.8, 4) is 5.82 Å². The average Bonchev–Trinajstić information content (AvgIpc) is 3.43. The Kier molecular flexibility index (Phi) is 6.16. The first-order chi connectivity index (χ1) is 15.7. The third-order valence-electron chi connectivity index (χ3n) is 6.18. The van der Waals surface area contributed by atoms with Crippen LogP contribution in [0.15, 0.2) is 61.1 Å². The minimum atomic E-state index is -0.0347. The first-order valence-corrected chi connectivity index (χ1v) is 11.5. The maximum absolute atomic E-state index is 5.83. The number of nitrogens with zero attached hydrogens (tertiary/aromatic N) is 5. The summed E-state index contributed by atoms with van der Waals surface area (Å²) >= 11 is 5.83. The Morgan fingerprint density at radius 1 is 1.06 bits per heavy atom. The summed E-state index contributed by atoms with van der Waals surface area (Å²) in [6.45, 7) is 7.36. The van der Waals surface area contributed by atoms with Crippen LogP contribution in [-0.2, 0) is 4.74 Å². The van der Waals surface area contributed by atoms with Crippen molar-refractivity contribution in [1.82, 2.24) is 29.7 Å². The Labute approximate surface area is 194 Å². The summed E-state index contributed by atoms with van der Waals surface area (Å²) < 4.78 is 7.67. The maximum atomic E-state index is 5.83. The molecule has 0 unspecified atom stereocenters. The van der Waals surface area contributed by atoms with Crippen LogP contribution in [0.4, 0.5) is 0 Å². The highest BCUT2D eigenvalue weighted by Gasteiger charge is 2.41. The van der Waals surface area contributed by atoms with Gasteiger partial charge >= 0.3 is 0 Å². The highest BCUT2D eigenvalue weighted by Crippen LogP contribution is 2.39. The second kappa shape index (κ2) is 9.36. The van der Waals surface area contributed by atoms with Gasteiger partial charge in [0.2, 0.25) is 0 Å². The van der Waals surface area contributed by atoms with E-state index in [0.29, 0.717) is 0 Å². The first kappa shape index (κ1) is 21.1. The Balaban J connectivity index is 1.49. The summed E-state index contributed by atoms with van der Waals surface area (Å²) in [6, 6.07) is 14.4. The van der Waals surface area contributed by atoms with E-state index < -0.39 is 0 Å². The van der Waals surface area contributed by atoms with E-state index in [9.17, 15) is 0 Å². The Morgan fingerprint density at radius 2 is 1.94 bits per heavy atom. The largest absolute Gasteiger partial charge is 0.379 e. The normalized spacial score (nSPS) is 21.7. The van der Waals surface area contributed by atoms with Crippen molar-refractivity contribution in [2.45, 2.75) is 19.0 Å². The lowest BCUT2D eigenvalue weighted by atomic mass is 10.0. The van der Waals surface area contributed by atoms with Crippen molar-refractivity contribution < 1.29 is 4.74 Å². The van der Waals surface area contributed by atoms with Gasteiger partial charge in [-0.05, 0) is 55.0 Å². The molecule has 0 spiro atoms. The third-order valence-corrected chi connectivity index (χ3v) is 6.54. The van der Waals surface area contributed by atoms with Crippen molar-refractivity contribution in [1.29, 1.82) is 0 Å². The molecule has 2 fully saturated rings. The van der Waals surface area contributed by atoms with Crippen LogP contribution in [0.25, 0.3) is 5.82 Å². The van der Waals surface area contributed by atoms with Crippen LogP contribution in [0.2, 0.25) is 0 Å². The number of thiocarbonyl (C=S) groups is 1. The number of aryl methyl sites for hydroxylation is 1. The lowest BCUT2D eigenvalue weighted by Gasteiger charge is -2.32. The minimum Gasteiger partial charge on any atom is -0.379 e. The predicted molar refractivity (Wildman–Crippen MR) is 128 cm³/mol. The molecule has 32 heavy (non-hydrogen) atoms. The van der Waals surface area contributed by atoms with Crippen molar-refractivity contribution in [3.05, 3.63) is 78.0 Å². The number of morpholine rings is 1. The van der Waals surface area contributed by atoms with E-state index in [1.165, 1.54) is 0 Å². The monoisotopic (exact) mass is 448 g/mol. The summed E-state index contributed by atoms with van der Waals surface area (Å²) in [7, 11) is 0. The molecule has 1 N–H and O–H groups in total. The van der Waals surface area contributed by atoms with E-state index in [2.05, 4.69) is 73.1 Å². The predicted octanol–water partition coefficient (Wildman–Crippen LogP) is 2.88.